The van der Waals surface area contributed by atoms with Crippen LogP contribution in [0.4, 0.5) is 0 Å². The first-order valence-electron chi connectivity index (χ1n) is 3.99. The van der Waals surface area contributed by atoms with E-state index in [4.69, 9.17) is 0 Å². The summed E-state index contributed by atoms with van der Waals surface area (Å²) in [7, 11) is 0. The Morgan fingerprint density at radius 3 is 3.08 bits per heavy atom. The SMILES string of the molecule is Brc1ccsc1/C=C1/CCNC1. The van der Waals surface area contributed by atoms with Gasteiger partial charge < -0.3 is 5.32 Å². The summed E-state index contributed by atoms with van der Waals surface area (Å²) in [6, 6.07) is 2.10. The topological polar surface area (TPSA) is 12.0 Å². The summed E-state index contributed by atoms with van der Waals surface area (Å²) in [5.74, 6) is 0. The minimum absolute atomic E-state index is 1.06. The minimum Gasteiger partial charge on any atom is -0.313 e. The van der Waals surface area contributed by atoms with Gasteiger partial charge in [0.25, 0.3) is 0 Å². The Hall–Kier alpha value is -0.120. The maximum Gasteiger partial charge on any atom is 0.0412 e. The van der Waals surface area contributed by atoms with Crippen LogP contribution in [0.2, 0.25) is 0 Å². The van der Waals surface area contributed by atoms with Crippen LogP contribution in [0.3, 0.4) is 0 Å². The van der Waals surface area contributed by atoms with Gasteiger partial charge in [-0.05, 0) is 46.4 Å². The van der Waals surface area contributed by atoms with Crippen LogP contribution < -0.4 is 5.32 Å². The molecular formula is C9H10BrNS. The van der Waals surface area contributed by atoms with Gasteiger partial charge in [0.05, 0.1) is 0 Å². The fraction of sp³-hybridized carbons (Fsp3) is 0.333. The van der Waals surface area contributed by atoms with Crippen molar-refractivity contribution in [2.75, 3.05) is 13.1 Å². The average molecular weight is 244 g/mol. The predicted octanol–water partition coefficient (Wildman–Crippen LogP) is 2.89. The summed E-state index contributed by atoms with van der Waals surface area (Å²) in [6.07, 6.45) is 3.49. The zero-order valence-electron chi connectivity index (χ0n) is 6.64. The highest BCUT2D eigenvalue weighted by Crippen LogP contribution is 2.26. The minimum atomic E-state index is 1.06. The molecule has 0 aromatic carbocycles. The molecule has 0 amide bonds. The molecule has 0 unspecified atom stereocenters. The molecule has 1 aromatic rings. The molecule has 0 aliphatic carbocycles. The number of rotatable bonds is 1. The molecule has 0 bridgehead atoms. The summed E-state index contributed by atoms with van der Waals surface area (Å²) >= 11 is 5.30. The van der Waals surface area contributed by atoms with Gasteiger partial charge in [0, 0.05) is 15.9 Å². The first-order chi connectivity index (χ1) is 5.86. The summed E-state index contributed by atoms with van der Waals surface area (Å²) < 4.78 is 1.21. The van der Waals surface area contributed by atoms with Crippen LogP contribution in [0.15, 0.2) is 21.5 Å². The maximum absolute atomic E-state index is 3.52. The van der Waals surface area contributed by atoms with Gasteiger partial charge >= 0.3 is 0 Å². The summed E-state index contributed by atoms with van der Waals surface area (Å²) in [4.78, 5) is 1.34. The van der Waals surface area contributed by atoms with Gasteiger partial charge in [0.1, 0.15) is 0 Å². The summed E-state index contributed by atoms with van der Waals surface area (Å²) in [5.41, 5.74) is 1.51. The second-order valence-corrected chi connectivity index (χ2v) is 4.66. The lowest BCUT2D eigenvalue weighted by atomic mass is 10.2. The Morgan fingerprint density at radius 2 is 2.50 bits per heavy atom. The fourth-order valence-electron chi connectivity index (χ4n) is 1.30. The largest absolute Gasteiger partial charge is 0.313 e. The third-order valence-corrected chi connectivity index (χ3v) is 3.77. The van der Waals surface area contributed by atoms with Crippen molar-refractivity contribution in [3.8, 4) is 0 Å². The standard InChI is InChI=1S/C9H10BrNS/c10-8-2-4-12-9(8)5-7-1-3-11-6-7/h2,4-5,11H,1,3,6H2/b7-5-. The molecule has 2 rings (SSSR count). The number of halogens is 1. The molecule has 0 radical (unpaired) electrons. The lowest BCUT2D eigenvalue weighted by Gasteiger charge is -1.93. The molecule has 1 fully saturated rings. The normalized spacial score (nSPS) is 20.6. The molecule has 1 aromatic heterocycles. The molecule has 0 spiro atoms. The van der Waals surface area contributed by atoms with Gasteiger partial charge in [0.15, 0.2) is 0 Å². The molecule has 1 aliphatic rings. The van der Waals surface area contributed by atoms with Crippen molar-refractivity contribution in [3.05, 3.63) is 26.4 Å². The van der Waals surface area contributed by atoms with E-state index in [9.17, 15) is 0 Å². The molecule has 1 aliphatic heterocycles. The lowest BCUT2D eigenvalue weighted by Crippen LogP contribution is -2.04. The van der Waals surface area contributed by atoms with Crippen LogP contribution in [0, 0.1) is 0 Å². The van der Waals surface area contributed by atoms with E-state index in [2.05, 4.69) is 38.8 Å². The van der Waals surface area contributed by atoms with E-state index >= 15 is 0 Å². The molecule has 0 saturated carbocycles. The molecule has 3 heteroatoms. The van der Waals surface area contributed by atoms with E-state index in [1.54, 1.807) is 11.3 Å². The van der Waals surface area contributed by atoms with Crippen LogP contribution in [0.25, 0.3) is 6.08 Å². The summed E-state index contributed by atoms with van der Waals surface area (Å²) in [5, 5.41) is 5.44. The molecule has 1 nitrogen and oxygen atoms in total. The molecule has 0 atom stereocenters. The Balaban J connectivity index is 2.21. The van der Waals surface area contributed by atoms with Crippen molar-refractivity contribution < 1.29 is 0 Å². The molecule has 64 valence electrons. The highest BCUT2D eigenvalue weighted by atomic mass is 79.9. The quantitative estimate of drug-likeness (QED) is 0.800. The fourth-order valence-corrected chi connectivity index (χ4v) is 2.77. The van der Waals surface area contributed by atoms with Gasteiger partial charge in [-0.2, -0.15) is 0 Å². The Labute approximate surface area is 84.6 Å². The van der Waals surface area contributed by atoms with E-state index < -0.39 is 0 Å². The van der Waals surface area contributed by atoms with Gasteiger partial charge in [-0.3, -0.25) is 0 Å². The van der Waals surface area contributed by atoms with Crippen LogP contribution in [0.1, 0.15) is 11.3 Å². The average Bonchev–Trinajstić information content (AvgIpc) is 2.65. The highest BCUT2D eigenvalue weighted by molar-refractivity contribution is 9.10. The van der Waals surface area contributed by atoms with E-state index in [0.717, 1.165) is 13.1 Å². The Kier molecular flexibility index (Phi) is 2.63. The molecule has 2 heterocycles. The van der Waals surface area contributed by atoms with Gasteiger partial charge in [-0.15, -0.1) is 11.3 Å². The third kappa shape index (κ3) is 1.79. The maximum atomic E-state index is 3.52. The van der Waals surface area contributed by atoms with Gasteiger partial charge in [-0.1, -0.05) is 5.57 Å². The highest BCUT2D eigenvalue weighted by Gasteiger charge is 2.06. The monoisotopic (exact) mass is 243 g/mol. The van der Waals surface area contributed by atoms with Gasteiger partial charge in [-0.25, -0.2) is 0 Å². The van der Waals surface area contributed by atoms with E-state index in [1.165, 1.54) is 21.3 Å². The van der Waals surface area contributed by atoms with Gasteiger partial charge in [0.2, 0.25) is 0 Å². The van der Waals surface area contributed by atoms with E-state index in [0.29, 0.717) is 0 Å². The Morgan fingerprint density at radius 1 is 1.58 bits per heavy atom. The third-order valence-electron chi connectivity index (χ3n) is 1.95. The van der Waals surface area contributed by atoms with E-state index in [1.807, 2.05) is 0 Å². The van der Waals surface area contributed by atoms with Crippen LogP contribution in [0.5, 0.6) is 0 Å². The van der Waals surface area contributed by atoms with Crippen molar-refractivity contribution in [1.29, 1.82) is 0 Å². The molecule has 1 N–H and O–H groups in total. The van der Waals surface area contributed by atoms with Crippen LogP contribution >= 0.6 is 27.3 Å². The first kappa shape index (κ1) is 8.48. The van der Waals surface area contributed by atoms with Crippen LogP contribution in [-0.2, 0) is 0 Å². The number of hydrogen-bond donors (Lipinski definition) is 1. The second kappa shape index (κ2) is 3.73. The first-order valence-corrected chi connectivity index (χ1v) is 5.67. The lowest BCUT2D eigenvalue weighted by molar-refractivity contribution is 0.862. The molecule has 1 saturated heterocycles. The second-order valence-electron chi connectivity index (χ2n) is 2.86. The number of hydrogen-bond acceptors (Lipinski definition) is 2. The molecular weight excluding hydrogens is 234 g/mol. The van der Waals surface area contributed by atoms with Crippen molar-refractivity contribution in [1.82, 2.24) is 5.32 Å². The van der Waals surface area contributed by atoms with E-state index in [-0.39, 0.29) is 0 Å². The zero-order valence-corrected chi connectivity index (χ0v) is 9.04. The molecule has 12 heavy (non-hydrogen) atoms. The smallest absolute Gasteiger partial charge is 0.0412 e. The van der Waals surface area contributed by atoms with Crippen molar-refractivity contribution in [2.45, 2.75) is 6.42 Å². The number of thiophene rings is 1. The van der Waals surface area contributed by atoms with Crippen molar-refractivity contribution >= 4 is 33.3 Å². The zero-order chi connectivity index (χ0) is 8.39. The summed E-state index contributed by atoms with van der Waals surface area (Å²) in [6.45, 7) is 2.19. The van der Waals surface area contributed by atoms with Crippen molar-refractivity contribution in [2.24, 2.45) is 0 Å². The Bertz CT molecular complexity index is 295. The number of nitrogens with one attached hydrogen (secondary N) is 1. The van der Waals surface area contributed by atoms with Crippen LogP contribution in [-0.4, -0.2) is 13.1 Å². The predicted molar refractivity (Wildman–Crippen MR) is 57.5 cm³/mol. The van der Waals surface area contributed by atoms with Crippen molar-refractivity contribution in [3.63, 3.8) is 0 Å².